The van der Waals surface area contributed by atoms with Crippen LogP contribution in [-0.4, -0.2) is 62.5 Å². The number of aliphatic hydroxyl groups excluding tert-OH is 1. The fourth-order valence-corrected chi connectivity index (χ4v) is 4.36. The van der Waals surface area contributed by atoms with Crippen molar-refractivity contribution in [1.82, 2.24) is 24.6 Å². The summed E-state index contributed by atoms with van der Waals surface area (Å²) in [7, 11) is 1.63. The number of carbonyl (C=O) groups is 1. The molecule has 5 rings (SSSR count). The van der Waals surface area contributed by atoms with E-state index in [0.717, 1.165) is 35.2 Å². The van der Waals surface area contributed by atoms with Crippen LogP contribution in [0.2, 0.25) is 0 Å². The van der Waals surface area contributed by atoms with Gasteiger partial charge in [-0.15, -0.1) is 0 Å². The number of methoxy groups -OCH3 is 1. The van der Waals surface area contributed by atoms with Crippen molar-refractivity contribution in [2.45, 2.75) is 25.5 Å². The van der Waals surface area contributed by atoms with Crippen LogP contribution >= 0.6 is 0 Å². The fourth-order valence-electron chi connectivity index (χ4n) is 4.36. The average Bonchev–Trinajstić information content (AvgIpc) is 3.49. The number of hydrogen-bond donors (Lipinski definition) is 2. The number of aliphatic hydroxyl groups is 1. The van der Waals surface area contributed by atoms with E-state index in [4.69, 9.17) is 25.1 Å². The number of oxazole rings is 1. The number of fused-ring (bicyclic) bond motifs is 1. The van der Waals surface area contributed by atoms with E-state index in [2.05, 4.69) is 9.97 Å². The maximum Gasteiger partial charge on any atom is 0.248 e. The molecule has 1 aliphatic heterocycles. The van der Waals surface area contributed by atoms with E-state index in [-0.39, 0.29) is 11.9 Å². The zero-order valence-corrected chi connectivity index (χ0v) is 18.8. The summed E-state index contributed by atoms with van der Waals surface area (Å²) in [5, 5.41) is 13.9. The molecule has 0 spiro atoms. The number of benzene rings is 1. The number of amides is 1. The van der Waals surface area contributed by atoms with Gasteiger partial charge in [0.15, 0.2) is 5.58 Å². The highest BCUT2D eigenvalue weighted by Crippen LogP contribution is 2.34. The van der Waals surface area contributed by atoms with E-state index in [1.54, 1.807) is 18.2 Å². The van der Waals surface area contributed by atoms with Crippen LogP contribution in [0.5, 0.6) is 0 Å². The number of pyridine rings is 1. The van der Waals surface area contributed by atoms with Gasteiger partial charge in [0.2, 0.25) is 11.8 Å². The van der Waals surface area contributed by atoms with Crippen LogP contribution in [-0.2, 0) is 16.1 Å². The van der Waals surface area contributed by atoms with Gasteiger partial charge in [-0.1, -0.05) is 12.1 Å². The molecule has 4 heterocycles. The molecule has 1 amide bonds. The lowest BCUT2D eigenvalue weighted by atomic mass is 10.0. The van der Waals surface area contributed by atoms with Crippen LogP contribution in [0.3, 0.4) is 0 Å². The third-order valence-corrected chi connectivity index (χ3v) is 6.17. The normalized spacial score (nSPS) is 14.7. The first-order valence-corrected chi connectivity index (χ1v) is 11.1. The second kappa shape index (κ2) is 9.24. The second-order valence-corrected chi connectivity index (χ2v) is 8.32. The fraction of sp³-hybridized carbons (Fsp3) is 0.333. The summed E-state index contributed by atoms with van der Waals surface area (Å²) in [6.45, 7) is 1.06. The summed E-state index contributed by atoms with van der Waals surface area (Å²) < 4.78 is 13.3. The van der Waals surface area contributed by atoms with Gasteiger partial charge in [0.05, 0.1) is 23.9 Å². The van der Waals surface area contributed by atoms with Crippen molar-refractivity contribution < 1.29 is 19.1 Å². The van der Waals surface area contributed by atoms with Gasteiger partial charge in [-0.05, 0) is 31.0 Å². The van der Waals surface area contributed by atoms with Crippen LogP contribution in [0.4, 0.5) is 5.82 Å². The van der Waals surface area contributed by atoms with Gasteiger partial charge >= 0.3 is 0 Å². The molecule has 10 heteroatoms. The second-order valence-electron chi connectivity index (χ2n) is 8.32. The average molecular weight is 463 g/mol. The lowest BCUT2D eigenvalue weighted by Crippen LogP contribution is -2.40. The predicted molar refractivity (Wildman–Crippen MR) is 126 cm³/mol. The summed E-state index contributed by atoms with van der Waals surface area (Å²) in [5.41, 5.74) is 10.7. The van der Waals surface area contributed by atoms with Crippen molar-refractivity contribution in [1.29, 1.82) is 0 Å². The number of nitrogens with two attached hydrogens (primary N) is 1. The number of likely N-dealkylation sites (tertiary alicyclic amines) is 1. The number of nitrogens with zero attached hydrogens (tertiary/aromatic N) is 5. The Morgan fingerprint density at radius 3 is 2.79 bits per heavy atom. The van der Waals surface area contributed by atoms with Crippen LogP contribution in [0.25, 0.3) is 33.7 Å². The molecule has 0 bridgehead atoms. The molecule has 3 aromatic heterocycles. The molecule has 0 radical (unpaired) electrons. The minimum Gasteiger partial charge on any atom is -0.436 e. The Bertz CT molecular complexity index is 1290. The van der Waals surface area contributed by atoms with Gasteiger partial charge in [0, 0.05) is 43.7 Å². The lowest BCUT2D eigenvalue weighted by molar-refractivity contribution is -0.135. The van der Waals surface area contributed by atoms with E-state index in [1.165, 1.54) is 0 Å². The summed E-state index contributed by atoms with van der Waals surface area (Å²) in [6, 6.07) is 9.60. The Kier molecular flexibility index (Phi) is 5.99. The summed E-state index contributed by atoms with van der Waals surface area (Å²) >= 11 is 0. The highest BCUT2D eigenvalue weighted by molar-refractivity contribution is 5.81. The van der Waals surface area contributed by atoms with Crippen molar-refractivity contribution in [3.63, 3.8) is 0 Å². The molecule has 4 aromatic rings. The molecule has 176 valence electrons. The van der Waals surface area contributed by atoms with Crippen molar-refractivity contribution in [2.75, 3.05) is 32.5 Å². The minimum absolute atomic E-state index is 0.144. The number of hydrogen-bond acceptors (Lipinski definition) is 8. The van der Waals surface area contributed by atoms with Crippen molar-refractivity contribution >= 4 is 22.8 Å². The maximum atomic E-state index is 11.8. The molecular weight excluding hydrogens is 436 g/mol. The Hall–Kier alpha value is -3.76. The van der Waals surface area contributed by atoms with Gasteiger partial charge < -0.3 is 24.9 Å². The highest BCUT2D eigenvalue weighted by atomic mass is 16.5. The molecular formula is C24H26N6O4. The van der Waals surface area contributed by atoms with Crippen molar-refractivity contribution in [3.8, 4) is 22.6 Å². The smallest absolute Gasteiger partial charge is 0.248 e. The van der Waals surface area contributed by atoms with Crippen LogP contribution in [0.15, 0.2) is 47.1 Å². The third kappa shape index (κ3) is 4.13. The van der Waals surface area contributed by atoms with Gasteiger partial charge in [-0.25, -0.2) is 9.97 Å². The van der Waals surface area contributed by atoms with Gasteiger partial charge in [0.1, 0.15) is 17.9 Å². The number of nitrogen functional groups attached to an aromatic ring is 1. The number of piperidine rings is 1. The Balaban J connectivity index is 1.47. The first-order chi connectivity index (χ1) is 16.6. The zero-order chi connectivity index (χ0) is 23.7. The first-order valence-electron chi connectivity index (χ1n) is 11.1. The molecule has 0 aliphatic carbocycles. The number of aromatic nitrogens is 4. The molecule has 0 atom stereocenters. The molecule has 34 heavy (non-hydrogen) atoms. The Morgan fingerprint density at radius 1 is 1.26 bits per heavy atom. The molecule has 10 nitrogen and oxygen atoms in total. The standard InChI is InChI=1S/C24H26N6O4/c1-33-14-20-18(12-30(28-20)16-6-8-29(9-7-16)22(32)13-31)15-10-17(23(25)26-11-15)24-27-19-4-2-3-5-21(19)34-24/h2-5,10-12,16,31H,6-9,13-14H2,1H3,(H2,25,26). The van der Waals surface area contributed by atoms with Crippen molar-refractivity contribution in [3.05, 3.63) is 48.4 Å². The number of para-hydroxylation sites is 2. The molecule has 3 N–H and O–H groups in total. The Labute approximate surface area is 196 Å². The molecule has 1 aromatic carbocycles. The lowest BCUT2D eigenvalue weighted by Gasteiger charge is -2.31. The number of anilines is 1. The van der Waals surface area contributed by atoms with E-state index < -0.39 is 6.61 Å². The first kappa shape index (κ1) is 22.1. The van der Waals surface area contributed by atoms with Gasteiger partial charge in [0.25, 0.3) is 0 Å². The summed E-state index contributed by atoms with van der Waals surface area (Å²) in [4.78, 5) is 22.4. The van der Waals surface area contributed by atoms with E-state index in [1.807, 2.05) is 41.2 Å². The molecule has 0 unspecified atom stereocenters. The SMILES string of the molecule is COCc1nn(C2CCN(C(=O)CO)CC2)cc1-c1cnc(N)c(-c2nc3ccccc3o2)c1. The quantitative estimate of drug-likeness (QED) is 0.447. The number of carbonyl (C=O) groups excluding carboxylic acids is 1. The summed E-state index contributed by atoms with van der Waals surface area (Å²) in [5.74, 6) is 0.505. The van der Waals surface area contributed by atoms with E-state index in [0.29, 0.717) is 42.6 Å². The molecule has 1 saturated heterocycles. The third-order valence-electron chi connectivity index (χ3n) is 6.17. The van der Waals surface area contributed by atoms with Crippen molar-refractivity contribution in [2.24, 2.45) is 0 Å². The number of rotatable bonds is 6. The zero-order valence-electron chi connectivity index (χ0n) is 18.8. The van der Waals surface area contributed by atoms with Gasteiger partial charge in [-0.2, -0.15) is 5.10 Å². The molecule has 1 fully saturated rings. The number of ether oxygens (including phenoxy) is 1. The molecule has 0 saturated carbocycles. The van der Waals surface area contributed by atoms with E-state index in [9.17, 15) is 4.79 Å². The Morgan fingerprint density at radius 2 is 2.06 bits per heavy atom. The minimum atomic E-state index is -0.457. The van der Waals surface area contributed by atoms with Crippen LogP contribution < -0.4 is 5.73 Å². The van der Waals surface area contributed by atoms with E-state index >= 15 is 0 Å². The predicted octanol–water partition coefficient (Wildman–Crippen LogP) is 2.64. The maximum absolute atomic E-state index is 11.8. The largest absolute Gasteiger partial charge is 0.436 e. The topological polar surface area (TPSA) is 133 Å². The van der Waals surface area contributed by atoms with Gasteiger partial charge in [-0.3, -0.25) is 9.48 Å². The van der Waals surface area contributed by atoms with Crippen LogP contribution in [0, 0.1) is 0 Å². The molecule has 1 aliphatic rings. The van der Waals surface area contributed by atoms with Crippen LogP contribution in [0.1, 0.15) is 24.6 Å². The highest BCUT2D eigenvalue weighted by Gasteiger charge is 2.25. The summed E-state index contributed by atoms with van der Waals surface area (Å²) in [6.07, 6.45) is 5.22. The monoisotopic (exact) mass is 462 g/mol.